The number of nitrogens with one attached hydrogen (secondary N) is 2. The number of nitrogens with zero attached hydrogens (tertiary/aromatic N) is 1. The Bertz CT molecular complexity index is 1670. The number of carbonyl (C=O) groups is 1. The molecule has 4 N–H and O–H groups in total. The first-order valence-electron chi connectivity index (χ1n) is 15.6. The summed E-state index contributed by atoms with van der Waals surface area (Å²) >= 11 is 0. The van der Waals surface area contributed by atoms with E-state index in [0.717, 1.165) is 5.56 Å². The fourth-order valence-corrected chi connectivity index (χ4v) is 5.27. The second-order valence-electron chi connectivity index (χ2n) is 13.4. The second-order valence-corrected chi connectivity index (χ2v) is 18.2. The van der Waals surface area contributed by atoms with Gasteiger partial charge in [0.1, 0.15) is 38.1 Å². The highest BCUT2D eigenvalue weighted by Crippen LogP contribution is 2.32. The summed E-state index contributed by atoms with van der Waals surface area (Å²) in [6.07, 6.45) is 1.59. The third-order valence-corrected chi connectivity index (χ3v) is 8.14. The number of hydrogen-bond donors (Lipinski definition) is 3. The monoisotopic (exact) mass is 640 g/mol. The summed E-state index contributed by atoms with van der Waals surface area (Å²) in [6.45, 7) is 15.3. The quantitative estimate of drug-likeness (QED) is 0.0907. The minimum Gasteiger partial charge on any atom is -0.491 e. The van der Waals surface area contributed by atoms with Crippen molar-refractivity contribution < 1.29 is 18.7 Å². The summed E-state index contributed by atoms with van der Waals surface area (Å²) in [7, 11) is -1.59. The van der Waals surface area contributed by atoms with Crippen LogP contribution in [0.1, 0.15) is 68.2 Å². The van der Waals surface area contributed by atoms with Crippen LogP contribution < -0.4 is 15.8 Å². The van der Waals surface area contributed by atoms with Gasteiger partial charge in [-0.15, -0.1) is 5.54 Å². The number of hydrogen-bond acceptors (Lipinski definition) is 5. The zero-order chi connectivity index (χ0) is 33.5. The van der Waals surface area contributed by atoms with Crippen LogP contribution in [-0.2, 0) is 9.53 Å². The predicted octanol–water partition coefficient (Wildman–Crippen LogP) is 7.30. The lowest BCUT2D eigenvalue weighted by Gasteiger charge is -2.26. The highest BCUT2D eigenvalue weighted by atomic mass is 28.3. The molecule has 0 aliphatic heterocycles. The molecule has 4 aromatic rings. The third-order valence-electron chi connectivity index (χ3n) is 7.26. The zero-order valence-electron chi connectivity index (χ0n) is 27.8. The van der Waals surface area contributed by atoms with Gasteiger partial charge in [-0.3, -0.25) is 4.79 Å². The average molecular weight is 641 g/mol. The Balaban J connectivity index is 1.52. The maximum absolute atomic E-state index is 15.2. The Hall–Kier alpha value is -4.23. The Morgan fingerprint density at radius 2 is 1.72 bits per heavy atom. The van der Waals surface area contributed by atoms with Crippen LogP contribution in [0.15, 0.2) is 79.0 Å². The van der Waals surface area contributed by atoms with Gasteiger partial charge in [0.2, 0.25) is 5.91 Å². The van der Waals surface area contributed by atoms with E-state index in [0.29, 0.717) is 47.2 Å². The van der Waals surface area contributed by atoms with E-state index in [-0.39, 0.29) is 17.4 Å². The molecule has 0 saturated carbocycles. The number of amides is 1. The van der Waals surface area contributed by atoms with E-state index < -0.39 is 26.0 Å². The molecule has 3 aromatic carbocycles. The molecule has 0 radical (unpaired) electrons. The molecule has 1 unspecified atom stereocenters. The minimum atomic E-state index is -1.59. The van der Waals surface area contributed by atoms with Gasteiger partial charge in [0, 0.05) is 17.0 Å². The van der Waals surface area contributed by atoms with Gasteiger partial charge in [-0.2, -0.15) is 0 Å². The van der Waals surface area contributed by atoms with Crippen molar-refractivity contribution in [3.05, 3.63) is 107 Å². The number of rotatable bonds is 11. The van der Waals surface area contributed by atoms with Gasteiger partial charge in [0.25, 0.3) is 0 Å². The summed E-state index contributed by atoms with van der Waals surface area (Å²) in [5.41, 5.74) is 12.6. The molecule has 0 aliphatic carbocycles. The van der Waals surface area contributed by atoms with Gasteiger partial charge in [-0.1, -0.05) is 74.9 Å². The molecule has 0 spiro atoms. The lowest BCUT2D eigenvalue weighted by Crippen LogP contribution is -2.39. The van der Waals surface area contributed by atoms with Crippen LogP contribution in [0.3, 0.4) is 0 Å². The minimum absolute atomic E-state index is 0.175. The molecular weight excluding hydrogens is 596 g/mol. The van der Waals surface area contributed by atoms with Crippen molar-refractivity contribution in [2.45, 2.75) is 70.9 Å². The Morgan fingerprint density at radius 1 is 1.02 bits per heavy atom. The molecule has 4 rings (SSSR count). The first-order valence-corrected chi connectivity index (χ1v) is 19.1. The van der Waals surface area contributed by atoms with Crippen LogP contribution in [-0.4, -0.2) is 42.8 Å². The molecule has 3 atom stereocenters. The lowest BCUT2D eigenvalue weighted by molar-refractivity contribution is -0.123. The Kier molecular flexibility index (Phi) is 11.2. The van der Waals surface area contributed by atoms with Crippen molar-refractivity contribution in [3.8, 4) is 28.5 Å². The maximum atomic E-state index is 15.2. The molecule has 9 heteroatoms. The number of aromatic amines is 1. The van der Waals surface area contributed by atoms with E-state index in [2.05, 4.69) is 46.4 Å². The van der Waals surface area contributed by atoms with E-state index in [1.54, 1.807) is 36.5 Å². The summed E-state index contributed by atoms with van der Waals surface area (Å²) in [6, 6.07) is 20.5. The molecule has 0 aliphatic rings. The van der Waals surface area contributed by atoms with Crippen molar-refractivity contribution in [1.82, 2.24) is 15.3 Å². The van der Waals surface area contributed by atoms with Gasteiger partial charge in [-0.25, -0.2) is 9.37 Å². The second kappa shape index (κ2) is 14.9. The first-order chi connectivity index (χ1) is 21.7. The van der Waals surface area contributed by atoms with E-state index in [1.807, 2.05) is 64.1 Å². The summed E-state index contributed by atoms with van der Waals surface area (Å²) in [5, 5.41) is 3.11. The number of aromatic nitrogens is 2. The SMILES string of the molecule is C[C@H](c1ccccc1)[C@H](NC(=O)C(N)c1ccc(OCCOC(C)(C)C)cc1)c1ncc(-c2ccc(C#C[Si](C)(C)C)cc2F)[nH]1. The maximum Gasteiger partial charge on any atom is 0.242 e. The zero-order valence-corrected chi connectivity index (χ0v) is 28.8. The first kappa shape index (κ1) is 34.6. The molecule has 0 bridgehead atoms. The molecule has 242 valence electrons. The number of ether oxygens (including phenoxy) is 2. The van der Waals surface area contributed by atoms with Crippen LogP contribution >= 0.6 is 0 Å². The largest absolute Gasteiger partial charge is 0.491 e. The number of carbonyl (C=O) groups excluding carboxylic acids is 1. The summed E-state index contributed by atoms with van der Waals surface area (Å²) in [4.78, 5) is 21.4. The van der Waals surface area contributed by atoms with Gasteiger partial charge in [-0.05, 0) is 62.2 Å². The molecule has 1 heterocycles. The predicted molar refractivity (Wildman–Crippen MR) is 185 cm³/mol. The lowest BCUT2D eigenvalue weighted by atomic mass is 9.92. The number of imidazole rings is 1. The normalized spacial score (nSPS) is 13.7. The van der Waals surface area contributed by atoms with Crippen LogP contribution in [0.25, 0.3) is 11.3 Å². The van der Waals surface area contributed by atoms with Crippen molar-refractivity contribution in [3.63, 3.8) is 0 Å². The van der Waals surface area contributed by atoms with Crippen LogP contribution in [0.2, 0.25) is 19.6 Å². The number of halogens is 1. The van der Waals surface area contributed by atoms with Gasteiger partial charge < -0.3 is 25.5 Å². The van der Waals surface area contributed by atoms with Crippen molar-refractivity contribution in [2.24, 2.45) is 5.73 Å². The topological polar surface area (TPSA) is 102 Å². The molecule has 1 aromatic heterocycles. The van der Waals surface area contributed by atoms with Crippen LogP contribution in [0.5, 0.6) is 5.75 Å². The number of nitrogens with two attached hydrogens (primary N) is 1. The molecule has 0 saturated heterocycles. The van der Waals surface area contributed by atoms with Crippen molar-refractivity contribution in [1.29, 1.82) is 0 Å². The summed E-state index contributed by atoms with van der Waals surface area (Å²) < 4.78 is 26.7. The average Bonchev–Trinajstić information content (AvgIpc) is 3.50. The molecule has 0 fully saturated rings. The van der Waals surface area contributed by atoms with E-state index >= 15 is 4.39 Å². The summed E-state index contributed by atoms with van der Waals surface area (Å²) in [5.74, 6) is 3.32. The molecular formula is C37H45FN4O3Si. The highest BCUT2D eigenvalue weighted by molar-refractivity contribution is 6.83. The molecule has 1 amide bonds. The Morgan fingerprint density at radius 3 is 2.35 bits per heavy atom. The van der Waals surface area contributed by atoms with Gasteiger partial charge in [0.05, 0.1) is 30.1 Å². The highest BCUT2D eigenvalue weighted by Gasteiger charge is 2.28. The van der Waals surface area contributed by atoms with E-state index in [9.17, 15) is 4.79 Å². The fourth-order valence-electron chi connectivity index (χ4n) is 4.75. The smallest absolute Gasteiger partial charge is 0.242 e. The van der Waals surface area contributed by atoms with Gasteiger partial charge in [0.15, 0.2) is 0 Å². The van der Waals surface area contributed by atoms with Crippen LogP contribution in [0, 0.1) is 17.3 Å². The van der Waals surface area contributed by atoms with E-state index in [4.69, 9.17) is 15.2 Å². The van der Waals surface area contributed by atoms with E-state index in [1.165, 1.54) is 6.07 Å². The fraction of sp³-hybridized carbons (Fsp3) is 0.351. The number of H-pyrrole nitrogens is 1. The van der Waals surface area contributed by atoms with Crippen molar-refractivity contribution >= 4 is 14.0 Å². The third kappa shape index (κ3) is 9.88. The van der Waals surface area contributed by atoms with Crippen molar-refractivity contribution in [2.75, 3.05) is 13.2 Å². The molecule has 7 nitrogen and oxygen atoms in total. The van der Waals surface area contributed by atoms with Crippen LogP contribution in [0.4, 0.5) is 4.39 Å². The molecule has 46 heavy (non-hydrogen) atoms. The Labute approximate surface area is 273 Å². The standard InChI is InChI=1S/C37H45FN4O3Si/c1-25(27-11-9-8-10-12-27)34(35-40-24-32(41-35)30-18-13-26(23-31(30)38)19-22-46(5,6)7)42-36(43)33(39)28-14-16-29(17-15-28)44-20-21-45-37(2,3)4/h8-18,23-25,33-34H,20-21,39H2,1-7H3,(H,40,41)(H,42,43)/t25-,33?,34+/m1/s1. The number of benzene rings is 3. The van der Waals surface area contributed by atoms with Gasteiger partial charge >= 0.3 is 0 Å².